The van der Waals surface area contributed by atoms with Crippen LogP contribution in [0.15, 0.2) is 42.5 Å². The van der Waals surface area contributed by atoms with Crippen molar-refractivity contribution in [3.05, 3.63) is 64.7 Å². The Morgan fingerprint density at radius 2 is 1.64 bits per heavy atom. The van der Waals surface area contributed by atoms with Crippen LogP contribution in [-0.4, -0.2) is 40.4 Å². The molecule has 2 aromatic carbocycles. The number of alkyl carbamates (subject to hydrolysis) is 1. The zero-order valence-electron chi connectivity index (χ0n) is 23.5. The van der Waals surface area contributed by atoms with E-state index in [1.165, 1.54) is 0 Å². The number of carbonyl (C=O) groups is 4. The first-order valence-electron chi connectivity index (χ1n) is 12.8. The zero-order valence-corrected chi connectivity index (χ0v) is 23.5. The second kappa shape index (κ2) is 13.5. The van der Waals surface area contributed by atoms with Gasteiger partial charge in [0.25, 0.3) is 11.8 Å². The number of anilines is 1. The van der Waals surface area contributed by atoms with Crippen molar-refractivity contribution in [2.45, 2.75) is 78.5 Å². The predicted molar refractivity (Wildman–Crippen MR) is 150 cm³/mol. The van der Waals surface area contributed by atoms with Crippen molar-refractivity contribution in [2.75, 3.05) is 5.32 Å². The molecule has 0 saturated heterocycles. The standard InChI is InChI=1S/C30H38N4O5/c1-8-21-13-15-22(16-14-21)26(27(36)33-25-19(3)11-10-12-20(25)4)34(9-2)28(37)23(17-18-24(31)35)32-29(38)39-30(5,6)7/h2,10-16,23,26H,8,17-18H2,1,3-7H3,(H2,31,35)(H,32,38)(H,33,36). The van der Waals surface area contributed by atoms with Gasteiger partial charge in [0.1, 0.15) is 17.7 Å². The third-order valence-electron chi connectivity index (χ3n) is 5.98. The third kappa shape index (κ3) is 8.88. The van der Waals surface area contributed by atoms with Crippen LogP contribution in [0.3, 0.4) is 0 Å². The lowest BCUT2D eigenvalue weighted by Crippen LogP contribution is -2.51. The molecular weight excluding hydrogens is 496 g/mol. The van der Waals surface area contributed by atoms with Crippen LogP contribution in [0.25, 0.3) is 0 Å². The van der Waals surface area contributed by atoms with Crippen LogP contribution in [-0.2, 0) is 25.5 Å². The lowest BCUT2D eigenvalue weighted by atomic mass is 9.99. The number of carbonyl (C=O) groups excluding carboxylic acids is 4. The molecule has 4 amide bonds. The highest BCUT2D eigenvalue weighted by Crippen LogP contribution is 2.27. The SMILES string of the molecule is C#CN(C(=O)C(CCC(N)=O)NC(=O)OC(C)(C)C)C(C(=O)Nc1c(C)cccc1C)c1ccc(CC)cc1. The number of amides is 4. The number of hydrogen-bond donors (Lipinski definition) is 3. The van der Waals surface area contributed by atoms with Gasteiger partial charge in [-0.1, -0.05) is 55.8 Å². The van der Waals surface area contributed by atoms with Crippen LogP contribution >= 0.6 is 0 Å². The fourth-order valence-electron chi connectivity index (χ4n) is 3.98. The summed E-state index contributed by atoms with van der Waals surface area (Å²) in [6.07, 6.45) is 5.41. The maximum absolute atomic E-state index is 13.8. The summed E-state index contributed by atoms with van der Waals surface area (Å²) in [4.78, 5) is 52.6. The molecule has 0 aliphatic heterocycles. The van der Waals surface area contributed by atoms with Crippen molar-refractivity contribution in [3.63, 3.8) is 0 Å². The first-order valence-corrected chi connectivity index (χ1v) is 12.8. The predicted octanol–water partition coefficient (Wildman–Crippen LogP) is 4.12. The lowest BCUT2D eigenvalue weighted by molar-refractivity contribution is -0.137. The largest absolute Gasteiger partial charge is 0.444 e. The number of nitrogens with two attached hydrogens (primary N) is 1. The van der Waals surface area contributed by atoms with E-state index in [4.69, 9.17) is 16.9 Å². The Kier molecular flexibility index (Phi) is 10.7. The Morgan fingerprint density at radius 1 is 1.05 bits per heavy atom. The van der Waals surface area contributed by atoms with Gasteiger partial charge in [-0.05, 0) is 69.7 Å². The van der Waals surface area contributed by atoms with E-state index in [-0.39, 0.29) is 12.8 Å². The smallest absolute Gasteiger partial charge is 0.408 e. The van der Waals surface area contributed by atoms with E-state index < -0.39 is 41.5 Å². The van der Waals surface area contributed by atoms with Crippen molar-refractivity contribution < 1.29 is 23.9 Å². The van der Waals surface area contributed by atoms with Gasteiger partial charge in [-0.15, -0.1) is 0 Å². The Morgan fingerprint density at radius 3 is 2.13 bits per heavy atom. The van der Waals surface area contributed by atoms with Gasteiger partial charge in [0.15, 0.2) is 0 Å². The summed E-state index contributed by atoms with van der Waals surface area (Å²) < 4.78 is 5.29. The first-order chi connectivity index (χ1) is 18.3. The number of primary amides is 1. The van der Waals surface area contributed by atoms with Crippen molar-refractivity contribution >= 4 is 29.5 Å². The quantitative estimate of drug-likeness (QED) is 0.312. The van der Waals surface area contributed by atoms with Crippen LogP contribution in [0, 0.1) is 26.3 Å². The molecule has 4 N–H and O–H groups in total. The highest BCUT2D eigenvalue weighted by molar-refractivity contribution is 6.00. The Hall–Kier alpha value is -4.32. The minimum absolute atomic E-state index is 0.133. The van der Waals surface area contributed by atoms with E-state index in [2.05, 4.69) is 16.7 Å². The molecule has 9 nitrogen and oxygen atoms in total. The highest BCUT2D eigenvalue weighted by atomic mass is 16.6. The van der Waals surface area contributed by atoms with Crippen LogP contribution in [0.1, 0.15) is 68.8 Å². The van der Waals surface area contributed by atoms with Crippen LogP contribution < -0.4 is 16.4 Å². The number of aryl methyl sites for hydroxylation is 3. The summed E-state index contributed by atoms with van der Waals surface area (Å²) in [7, 11) is 0. The summed E-state index contributed by atoms with van der Waals surface area (Å²) in [5, 5.41) is 5.41. The molecular formula is C30H38N4O5. The molecule has 0 saturated carbocycles. The van der Waals surface area contributed by atoms with Gasteiger partial charge in [-0.25, -0.2) is 4.79 Å². The maximum atomic E-state index is 13.8. The molecule has 0 aliphatic carbocycles. The second-order valence-electron chi connectivity index (χ2n) is 10.3. The number of nitrogens with zero attached hydrogens (tertiary/aromatic N) is 1. The van der Waals surface area contributed by atoms with Gasteiger partial charge >= 0.3 is 6.09 Å². The van der Waals surface area contributed by atoms with Crippen molar-refractivity contribution in [1.82, 2.24) is 10.2 Å². The fourth-order valence-corrected chi connectivity index (χ4v) is 3.98. The molecule has 0 radical (unpaired) electrons. The summed E-state index contributed by atoms with van der Waals surface area (Å²) in [5.74, 6) is -1.95. The van der Waals surface area contributed by atoms with E-state index in [0.717, 1.165) is 28.0 Å². The van der Waals surface area contributed by atoms with E-state index in [1.807, 2.05) is 51.1 Å². The van der Waals surface area contributed by atoms with Gasteiger partial charge in [0.2, 0.25) is 5.91 Å². The molecule has 2 atom stereocenters. The summed E-state index contributed by atoms with van der Waals surface area (Å²) in [6.45, 7) is 10.8. The first kappa shape index (κ1) is 30.9. The molecule has 0 bridgehead atoms. The average molecular weight is 535 g/mol. The van der Waals surface area contributed by atoms with Crippen molar-refractivity contribution in [1.29, 1.82) is 0 Å². The molecule has 0 fully saturated rings. The number of terminal acetylenes is 1. The molecule has 2 aromatic rings. The monoisotopic (exact) mass is 534 g/mol. The van der Waals surface area contributed by atoms with E-state index in [0.29, 0.717) is 11.3 Å². The number of rotatable bonds is 10. The molecule has 0 aromatic heterocycles. The molecule has 208 valence electrons. The maximum Gasteiger partial charge on any atom is 0.408 e. The number of para-hydroxylation sites is 1. The van der Waals surface area contributed by atoms with Gasteiger partial charge in [-0.2, -0.15) is 0 Å². The fraction of sp³-hybridized carbons (Fsp3) is 0.400. The zero-order chi connectivity index (χ0) is 29.3. The number of nitrogens with one attached hydrogen (secondary N) is 2. The molecule has 2 unspecified atom stereocenters. The van der Waals surface area contributed by atoms with Crippen LogP contribution in [0.2, 0.25) is 0 Å². The molecule has 9 heteroatoms. The number of hydrogen-bond acceptors (Lipinski definition) is 5. The topological polar surface area (TPSA) is 131 Å². The Bertz CT molecular complexity index is 1220. The Labute approximate surface area is 230 Å². The average Bonchev–Trinajstić information content (AvgIpc) is 2.85. The second-order valence-corrected chi connectivity index (χ2v) is 10.3. The van der Waals surface area contributed by atoms with E-state index >= 15 is 0 Å². The minimum atomic E-state index is -1.27. The molecule has 2 rings (SSSR count). The summed E-state index contributed by atoms with van der Waals surface area (Å²) >= 11 is 0. The molecule has 0 aliphatic rings. The lowest BCUT2D eigenvalue weighted by Gasteiger charge is -2.30. The Balaban J connectivity index is 2.52. The normalized spacial score (nSPS) is 12.4. The molecule has 0 spiro atoms. The van der Waals surface area contributed by atoms with Gasteiger partial charge in [0, 0.05) is 18.2 Å². The molecule has 0 heterocycles. The van der Waals surface area contributed by atoms with Gasteiger partial charge in [0.05, 0.1) is 0 Å². The van der Waals surface area contributed by atoms with Crippen molar-refractivity contribution in [2.24, 2.45) is 5.73 Å². The van der Waals surface area contributed by atoms with Crippen molar-refractivity contribution in [3.8, 4) is 12.5 Å². The number of ether oxygens (including phenoxy) is 1. The van der Waals surface area contributed by atoms with Gasteiger partial charge < -0.3 is 21.1 Å². The third-order valence-corrected chi connectivity index (χ3v) is 5.98. The highest BCUT2D eigenvalue weighted by Gasteiger charge is 2.36. The van der Waals surface area contributed by atoms with E-state index in [9.17, 15) is 19.2 Å². The van der Waals surface area contributed by atoms with Gasteiger partial charge in [-0.3, -0.25) is 19.3 Å². The van der Waals surface area contributed by atoms with Crippen LogP contribution in [0.5, 0.6) is 0 Å². The minimum Gasteiger partial charge on any atom is -0.444 e. The van der Waals surface area contributed by atoms with Crippen LogP contribution in [0.4, 0.5) is 10.5 Å². The number of benzene rings is 2. The summed E-state index contributed by atoms with van der Waals surface area (Å²) in [6, 6.07) is 12.6. The summed E-state index contributed by atoms with van der Waals surface area (Å²) in [5.41, 5.74) is 8.29. The van der Waals surface area contributed by atoms with E-state index in [1.54, 1.807) is 32.9 Å². The molecule has 39 heavy (non-hydrogen) atoms.